The number of nitrogens with one attached hydrogen (secondary N) is 1. The van der Waals surface area contributed by atoms with Gasteiger partial charge < -0.3 is 15.6 Å². The van der Waals surface area contributed by atoms with Crippen LogP contribution in [-0.2, 0) is 6.54 Å². The van der Waals surface area contributed by atoms with Gasteiger partial charge in [0.15, 0.2) is 0 Å². The number of nitrogens with two attached hydrogens (primary N) is 1. The maximum Gasteiger partial charge on any atom is 0.273 e. The topological polar surface area (TPSA) is 83.7 Å². The van der Waals surface area contributed by atoms with Crippen LogP contribution in [0.4, 0.5) is 14.7 Å². The maximum absolute atomic E-state index is 13.1. The van der Waals surface area contributed by atoms with Crippen LogP contribution < -0.4 is 10.6 Å². The first-order chi connectivity index (χ1) is 12.0. The van der Waals surface area contributed by atoms with Gasteiger partial charge in [0.25, 0.3) is 6.43 Å². The minimum Gasteiger partial charge on any atom is -0.337 e. The Labute approximate surface area is 155 Å². The van der Waals surface area contributed by atoms with E-state index in [1.165, 1.54) is 0 Å². The van der Waals surface area contributed by atoms with E-state index in [0.717, 1.165) is 33.7 Å². The predicted octanol–water partition coefficient (Wildman–Crippen LogP) is 3.78. The van der Waals surface area contributed by atoms with Crippen LogP contribution in [0.5, 0.6) is 0 Å². The predicted molar refractivity (Wildman–Crippen MR) is 98.1 cm³/mol. The summed E-state index contributed by atoms with van der Waals surface area (Å²) >= 11 is 4.40. The second-order valence-corrected chi connectivity index (χ2v) is 7.45. The first-order valence-corrected chi connectivity index (χ1v) is 9.30. The Kier molecular flexibility index (Phi) is 5.60. The van der Waals surface area contributed by atoms with Gasteiger partial charge in [-0.3, -0.25) is 0 Å². The Hall–Kier alpha value is -1.65. The quantitative estimate of drug-likeness (QED) is 0.595. The second kappa shape index (κ2) is 7.71. The molecule has 0 fully saturated rings. The minimum atomic E-state index is -2.49. The minimum absolute atomic E-state index is 0.0572. The van der Waals surface area contributed by atoms with Crippen LogP contribution in [0.25, 0.3) is 11.2 Å². The lowest BCUT2D eigenvalue weighted by atomic mass is 10.2. The van der Waals surface area contributed by atoms with E-state index in [0.29, 0.717) is 35.7 Å². The summed E-state index contributed by atoms with van der Waals surface area (Å²) in [6.45, 7) is 3.50. The SMILES string of the molecule is Cc1c(CN(CCCN)c2nc3nnccc3[nH]2)sc(C(F)F)c1Br. The highest BCUT2D eigenvalue weighted by Crippen LogP contribution is 2.39. The molecule has 0 aromatic carbocycles. The van der Waals surface area contributed by atoms with Crippen LogP contribution in [0.1, 0.15) is 28.2 Å². The monoisotopic (exact) mass is 430 g/mol. The molecule has 0 saturated heterocycles. The molecular weight excluding hydrogens is 414 g/mol. The average Bonchev–Trinajstić information content (AvgIpc) is 3.14. The van der Waals surface area contributed by atoms with Crippen molar-refractivity contribution in [2.24, 2.45) is 5.73 Å². The summed E-state index contributed by atoms with van der Waals surface area (Å²) in [6.07, 6.45) is -0.147. The van der Waals surface area contributed by atoms with E-state index in [-0.39, 0.29) is 4.88 Å². The van der Waals surface area contributed by atoms with E-state index in [2.05, 4.69) is 36.1 Å². The van der Waals surface area contributed by atoms with Crippen LogP contribution in [0, 0.1) is 6.92 Å². The molecule has 0 unspecified atom stereocenters. The van der Waals surface area contributed by atoms with E-state index in [4.69, 9.17) is 5.73 Å². The number of aromatic nitrogens is 4. The van der Waals surface area contributed by atoms with E-state index in [1.807, 2.05) is 11.8 Å². The molecule has 3 N–H and O–H groups in total. The smallest absolute Gasteiger partial charge is 0.273 e. The molecule has 0 saturated carbocycles. The molecule has 25 heavy (non-hydrogen) atoms. The number of halogens is 3. The molecule has 0 aliphatic rings. The third kappa shape index (κ3) is 3.80. The van der Waals surface area contributed by atoms with Crippen molar-refractivity contribution in [2.45, 2.75) is 26.3 Å². The first-order valence-electron chi connectivity index (χ1n) is 7.69. The number of aromatic amines is 1. The number of hydrogen-bond acceptors (Lipinski definition) is 6. The maximum atomic E-state index is 13.1. The molecule has 3 aromatic rings. The van der Waals surface area contributed by atoms with E-state index in [9.17, 15) is 8.78 Å². The zero-order chi connectivity index (χ0) is 18.0. The normalized spacial score (nSPS) is 11.6. The van der Waals surface area contributed by atoms with Gasteiger partial charge in [-0.1, -0.05) is 0 Å². The van der Waals surface area contributed by atoms with Crippen LogP contribution in [0.3, 0.4) is 0 Å². The van der Waals surface area contributed by atoms with Crippen molar-refractivity contribution >= 4 is 44.4 Å². The molecule has 10 heteroatoms. The molecule has 6 nitrogen and oxygen atoms in total. The van der Waals surface area contributed by atoms with Crippen molar-refractivity contribution in [2.75, 3.05) is 18.0 Å². The number of anilines is 1. The van der Waals surface area contributed by atoms with E-state index < -0.39 is 6.43 Å². The highest BCUT2D eigenvalue weighted by atomic mass is 79.9. The highest BCUT2D eigenvalue weighted by molar-refractivity contribution is 9.10. The summed E-state index contributed by atoms with van der Waals surface area (Å²) in [7, 11) is 0. The fourth-order valence-electron chi connectivity index (χ4n) is 2.47. The lowest BCUT2D eigenvalue weighted by Crippen LogP contribution is -2.26. The number of hydrogen-bond donors (Lipinski definition) is 2. The highest BCUT2D eigenvalue weighted by Gasteiger charge is 2.22. The summed E-state index contributed by atoms with van der Waals surface area (Å²) in [5.41, 5.74) is 7.76. The number of thiophene rings is 1. The number of nitrogens with zero attached hydrogens (tertiary/aromatic N) is 4. The van der Waals surface area contributed by atoms with Gasteiger partial charge in [-0.05, 0) is 47.4 Å². The molecule has 0 atom stereocenters. The second-order valence-electron chi connectivity index (χ2n) is 5.52. The summed E-state index contributed by atoms with van der Waals surface area (Å²) in [6, 6.07) is 1.79. The lowest BCUT2D eigenvalue weighted by molar-refractivity contribution is 0.155. The van der Waals surface area contributed by atoms with Crippen molar-refractivity contribution in [3.05, 3.63) is 32.1 Å². The van der Waals surface area contributed by atoms with E-state index in [1.54, 1.807) is 12.3 Å². The van der Waals surface area contributed by atoms with Gasteiger partial charge >= 0.3 is 0 Å². The Morgan fingerprint density at radius 3 is 2.88 bits per heavy atom. The van der Waals surface area contributed by atoms with Crippen LogP contribution in [0.2, 0.25) is 0 Å². The largest absolute Gasteiger partial charge is 0.337 e. The number of alkyl halides is 2. The zero-order valence-electron chi connectivity index (χ0n) is 13.5. The fourth-order valence-corrected chi connectivity index (χ4v) is 4.33. The molecule has 0 radical (unpaired) electrons. The molecule has 0 aliphatic heterocycles. The molecule has 0 amide bonds. The molecule has 0 bridgehead atoms. The summed E-state index contributed by atoms with van der Waals surface area (Å²) < 4.78 is 26.8. The van der Waals surface area contributed by atoms with E-state index >= 15 is 0 Å². The number of rotatable bonds is 7. The van der Waals surface area contributed by atoms with Crippen LogP contribution >= 0.6 is 27.3 Å². The molecule has 134 valence electrons. The van der Waals surface area contributed by atoms with Gasteiger partial charge in [0.2, 0.25) is 11.6 Å². The van der Waals surface area contributed by atoms with Crippen LogP contribution in [-0.4, -0.2) is 33.3 Å². The summed E-state index contributed by atoms with van der Waals surface area (Å²) in [4.78, 5) is 10.6. The summed E-state index contributed by atoms with van der Waals surface area (Å²) in [5, 5.41) is 7.80. The third-order valence-electron chi connectivity index (χ3n) is 3.82. The summed E-state index contributed by atoms with van der Waals surface area (Å²) in [5.74, 6) is 0.631. The number of imidazole rings is 1. The zero-order valence-corrected chi connectivity index (χ0v) is 15.9. The van der Waals surface area contributed by atoms with Gasteiger partial charge in [-0.2, -0.15) is 10.1 Å². The van der Waals surface area contributed by atoms with Crippen molar-refractivity contribution in [1.82, 2.24) is 20.2 Å². The standard InChI is InChI=1S/C15H17BrF2N6S/c1-8-10(25-12(11(8)16)13(17)18)7-24(6-2-4-19)15-21-9-3-5-20-23-14(9)22-15/h3,5,13H,2,4,6-7,19H2,1H3,(H,21,22,23). The molecule has 3 heterocycles. The van der Waals surface area contributed by atoms with Crippen molar-refractivity contribution in [1.29, 1.82) is 0 Å². The Morgan fingerprint density at radius 1 is 1.44 bits per heavy atom. The van der Waals surface area contributed by atoms with Crippen molar-refractivity contribution < 1.29 is 8.78 Å². The van der Waals surface area contributed by atoms with Gasteiger partial charge in [-0.25, -0.2) is 8.78 Å². The Morgan fingerprint density at radius 2 is 2.24 bits per heavy atom. The van der Waals surface area contributed by atoms with Crippen molar-refractivity contribution in [3.63, 3.8) is 0 Å². The molecule has 3 rings (SSSR count). The van der Waals surface area contributed by atoms with Gasteiger partial charge in [-0.15, -0.1) is 16.4 Å². The van der Waals surface area contributed by atoms with Gasteiger partial charge in [0.1, 0.15) is 0 Å². The fraction of sp³-hybridized carbons (Fsp3) is 0.400. The molecular formula is C15H17BrF2N6S. The first kappa shape index (κ1) is 18.2. The third-order valence-corrected chi connectivity index (χ3v) is 6.39. The van der Waals surface area contributed by atoms with Crippen LogP contribution in [0.15, 0.2) is 16.7 Å². The number of H-pyrrole nitrogens is 1. The molecule has 3 aromatic heterocycles. The number of fused-ring (bicyclic) bond motifs is 1. The molecule has 0 aliphatic carbocycles. The van der Waals surface area contributed by atoms with Gasteiger partial charge in [0.05, 0.1) is 23.1 Å². The Bertz CT molecular complexity index is 832. The van der Waals surface area contributed by atoms with Crippen molar-refractivity contribution in [3.8, 4) is 0 Å². The average molecular weight is 431 g/mol. The lowest BCUT2D eigenvalue weighted by Gasteiger charge is -2.21. The molecule has 0 spiro atoms. The Balaban J connectivity index is 1.92. The van der Waals surface area contributed by atoms with Gasteiger partial charge in [0, 0.05) is 15.9 Å².